The fourth-order valence-corrected chi connectivity index (χ4v) is 4.65. The number of hydrogen-bond donors (Lipinski definition) is 6. The summed E-state index contributed by atoms with van der Waals surface area (Å²) in [6.45, 7) is 5.65. The molecule has 0 aromatic rings. The smallest absolute Gasteiger partial charge is 0.186 e. The molecule has 1 aliphatic heterocycles. The van der Waals surface area contributed by atoms with Gasteiger partial charge in [0.25, 0.3) is 0 Å². The van der Waals surface area contributed by atoms with Crippen LogP contribution in [0.5, 0.6) is 0 Å². The molecule has 0 aromatic carbocycles. The molecule has 0 radical (unpaired) electrons. The van der Waals surface area contributed by atoms with E-state index in [0.29, 0.717) is 19.3 Å². The van der Waals surface area contributed by atoms with Crippen LogP contribution >= 0.6 is 0 Å². The molecule has 2 aliphatic rings. The molecule has 8 heteroatoms. The lowest BCUT2D eigenvalue weighted by Gasteiger charge is -2.47. The highest BCUT2D eigenvalue weighted by atomic mass is 16.7. The quantitative estimate of drug-likeness (QED) is 0.337. The summed E-state index contributed by atoms with van der Waals surface area (Å²) in [6, 6.07) is 0. The lowest BCUT2D eigenvalue weighted by atomic mass is 9.61. The highest BCUT2D eigenvalue weighted by Gasteiger charge is 2.46. The minimum Gasteiger partial charge on any atom is -0.394 e. The zero-order valence-corrected chi connectivity index (χ0v) is 16.4. The van der Waals surface area contributed by atoms with Gasteiger partial charge >= 0.3 is 0 Å². The molecule has 6 N–H and O–H groups in total. The Bertz CT molecular complexity index is 455. The van der Waals surface area contributed by atoms with Crippen LogP contribution < -0.4 is 0 Å². The van der Waals surface area contributed by atoms with Gasteiger partial charge in [-0.05, 0) is 49.9 Å². The summed E-state index contributed by atoms with van der Waals surface area (Å²) in [7, 11) is 0. The number of hydrogen-bond acceptors (Lipinski definition) is 8. The third-order valence-corrected chi connectivity index (χ3v) is 6.13. The largest absolute Gasteiger partial charge is 0.394 e. The monoisotopic (exact) mass is 392 g/mol. The van der Waals surface area contributed by atoms with E-state index in [4.69, 9.17) is 9.47 Å². The zero-order valence-electron chi connectivity index (χ0n) is 16.4. The van der Waals surface area contributed by atoms with Crippen molar-refractivity contribution in [2.45, 2.75) is 89.4 Å². The predicted molar refractivity (Wildman–Crippen MR) is 96.6 cm³/mol. The summed E-state index contributed by atoms with van der Waals surface area (Å²) in [5.41, 5.74) is -0.129. The second-order valence-electron chi connectivity index (χ2n) is 8.91. The van der Waals surface area contributed by atoms with Crippen LogP contribution in [0.2, 0.25) is 0 Å². The van der Waals surface area contributed by atoms with Gasteiger partial charge in [0, 0.05) is 0 Å². The Balaban J connectivity index is 2.03. The van der Waals surface area contributed by atoms with Gasteiger partial charge in [0.1, 0.15) is 24.4 Å². The Hall–Kier alpha value is -0.320. The molecule has 0 unspecified atom stereocenters. The lowest BCUT2D eigenvalue weighted by Crippen LogP contribution is -2.59. The van der Waals surface area contributed by atoms with Crippen LogP contribution in [0.15, 0.2) is 0 Å². The third kappa shape index (κ3) is 5.61. The van der Waals surface area contributed by atoms with Crippen LogP contribution in [0.25, 0.3) is 0 Å². The first kappa shape index (κ1) is 23.0. The maximum atomic E-state index is 10.3. The second kappa shape index (κ2) is 9.45. The Morgan fingerprint density at radius 1 is 1.11 bits per heavy atom. The minimum atomic E-state index is -1.47. The topological polar surface area (TPSA) is 140 Å². The highest BCUT2D eigenvalue weighted by molar-refractivity contribution is 4.93. The zero-order chi connectivity index (χ0) is 20.4. The van der Waals surface area contributed by atoms with Gasteiger partial charge in [0.2, 0.25) is 0 Å². The van der Waals surface area contributed by atoms with E-state index in [1.165, 1.54) is 0 Å². The molecule has 8 nitrogen and oxygen atoms in total. The van der Waals surface area contributed by atoms with Gasteiger partial charge in [-0.25, -0.2) is 0 Å². The maximum absolute atomic E-state index is 10.3. The molecule has 27 heavy (non-hydrogen) atoms. The molecule has 0 bridgehead atoms. The van der Waals surface area contributed by atoms with Crippen molar-refractivity contribution < 1.29 is 40.1 Å². The normalized spacial score (nSPS) is 43.4. The summed E-state index contributed by atoms with van der Waals surface area (Å²) in [5, 5.41) is 59.1. The molecule has 0 aromatic heterocycles. The molecule has 2 fully saturated rings. The molecule has 1 saturated heterocycles. The van der Waals surface area contributed by atoms with Crippen molar-refractivity contribution in [1.82, 2.24) is 0 Å². The Labute approximate surface area is 160 Å². The number of aliphatic hydroxyl groups excluding tert-OH is 6. The van der Waals surface area contributed by atoms with Crippen LogP contribution in [0.3, 0.4) is 0 Å². The molecule has 0 spiro atoms. The molecule has 160 valence electrons. The minimum absolute atomic E-state index is 0.00475. The molecule has 9 atom stereocenters. The molecule has 1 saturated carbocycles. The van der Waals surface area contributed by atoms with Crippen molar-refractivity contribution in [2.75, 3.05) is 13.2 Å². The number of ether oxygens (including phenoxy) is 2. The van der Waals surface area contributed by atoms with Gasteiger partial charge < -0.3 is 40.1 Å². The Morgan fingerprint density at radius 2 is 1.78 bits per heavy atom. The third-order valence-electron chi connectivity index (χ3n) is 6.13. The van der Waals surface area contributed by atoms with E-state index in [1.54, 1.807) is 6.92 Å². The van der Waals surface area contributed by atoms with E-state index in [0.717, 1.165) is 6.42 Å². The fourth-order valence-electron chi connectivity index (χ4n) is 4.65. The van der Waals surface area contributed by atoms with Crippen LogP contribution in [0, 0.1) is 17.3 Å². The Kier molecular flexibility index (Phi) is 8.04. The van der Waals surface area contributed by atoms with Crippen molar-refractivity contribution in [2.24, 2.45) is 17.3 Å². The maximum Gasteiger partial charge on any atom is 0.186 e. The molecule has 1 aliphatic carbocycles. The van der Waals surface area contributed by atoms with Crippen LogP contribution in [0.1, 0.15) is 46.5 Å². The van der Waals surface area contributed by atoms with E-state index in [1.807, 2.05) is 0 Å². The predicted octanol–water partition coefficient (Wildman–Crippen LogP) is -0.623. The number of rotatable bonds is 7. The number of aliphatic hydroxyl groups is 6. The van der Waals surface area contributed by atoms with Crippen molar-refractivity contribution >= 4 is 0 Å². The van der Waals surface area contributed by atoms with E-state index in [2.05, 4.69) is 13.8 Å². The van der Waals surface area contributed by atoms with Crippen molar-refractivity contribution in [3.05, 3.63) is 0 Å². The van der Waals surface area contributed by atoms with Gasteiger partial charge in [-0.15, -0.1) is 0 Å². The molecular weight excluding hydrogens is 356 g/mol. The second-order valence-corrected chi connectivity index (χ2v) is 8.91. The first-order valence-electron chi connectivity index (χ1n) is 9.85. The highest BCUT2D eigenvalue weighted by Crippen LogP contribution is 2.47. The molecule has 1 heterocycles. The first-order valence-corrected chi connectivity index (χ1v) is 9.85. The van der Waals surface area contributed by atoms with Gasteiger partial charge in [-0.2, -0.15) is 0 Å². The lowest BCUT2D eigenvalue weighted by molar-refractivity contribution is -0.305. The first-order chi connectivity index (χ1) is 12.6. The average molecular weight is 392 g/mol. The van der Waals surface area contributed by atoms with Gasteiger partial charge in [-0.3, -0.25) is 0 Å². The fraction of sp³-hybridized carbons (Fsp3) is 1.00. The van der Waals surface area contributed by atoms with Crippen LogP contribution in [0.4, 0.5) is 0 Å². The van der Waals surface area contributed by atoms with Gasteiger partial charge in [0.15, 0.2) is 6.29 Å². The van der Waals surface area contributed by atoms with E-state index in [9.17, 15) is 30.6 Å². The van der Waals surface area contributed by atoms with E-state index >= 15 is 0 Å². The Morgan fingerprint density at radius 3 is 2.37 bits per heavy atom. The molecule has 0 amide bonds. The molecular formula is C19H36O8. The summed E-state index contributed by atoms with van der Waals surface area (Å²) in [5.74, 6) is 0.204. The standard InChI is InChI=1S/C19H36O8/c1-10(21)4-5-13-11(6-12(22)7-19(13,2)3)9-26-18-17(25)16(24)15(23)14(8-20)27-18/h10-18,20-25H,4-9H2,1-3H3/t10-,11+,12+,13+,14+,15+,16-,17+,18+/m0/s1. The van der Waals surface area contributed by atoms with Crippen molar-refractivity contribution in [3.8, 4) is 0 Å². The van der Waals surface area contributed by atoms with E-state index < -0.39 is 49.5 Å². The summed E-state index contributed by atoms with van der Waals surface area (Å²) >= 11 is 0. The van der Waals surface area contributed by atoms with Gasteiger partial charge in [0.05, 0.1) is 25.4 Å². The molecule has 2 rings (SSSR count). The van der Waals surface area contributed by atoms with Crippen molar-refractivity contribution in [1.29, 1.82) is 0 Å². The summed E-state index contributed by atoms with van der Waals surface area (Å²) in [4.78, 5) is 0. The average Bonchev–Trinajstić information content (AvgIpc) is 2.57. The SMILES string of the molecule is C[C@H](O)CC[C@@H]1[C@@H](CO[C@@H]2O[C@H](CO)[C@@H](O)[C@H](O)[C@H]2O)C[C@@H](O)CC1(C)C. The van der Waals surface area contributed by atoms with Crippen LogP contribution in [-0.4, -0.2) is 86.8 Å². The van der Waals surface area contributed by atoms with Crippen LogP contribution in [-0.2, 0) is 9.47 Å². The van der Waals surface area contributed by atoms with Gasteiger partial charge in [-0.1, -0.05) is 13.8 Å². The van der Waals surface area contributed by atoms with E-state index in [-0.39, 0.29) is 23.9 Å². The summed E-state index contributed by atoms with van der Waals surface area (Å²) < 4.78 is 11.1. The summed E-state index contributed by atoms with van der Waals surface area (Å²) in [6.07, 6.45) is -4.68. The van der Waals surface area contributed by atoms with Crippen molar-refractivity contribution in [3.63, 3.8) is 0 Å².